The predicted octanol–water partition coefficient (Wildman–Crippen LogP) is 3.29. The van der Waals surface area contributed by atoms with Gasteiger partial charge in [-0.25, -0.2) is 0 Å². The van der Waals surface area contributed by atoms with Gasteiger partial charge in [0, 0.05) is 18.4 Å². The lowest BCUT2D eigenvalue weighted by Gasteiger charge is -2.12. The van der Waals surface area contributed by atoms with Crippen molar-refractivity contribution < 1.29 is 4.42 Å². The van der Waals surface area contributed by atoms with Crippen LogP contribution in [-0.2, 0) is 6.54 Å². The lowest BCUT2D eigenvalue weighted by Crippen LogP contribution is -2.17. The largest absolute Gasteiger partial charge is 0.453 e. The van der Waals surface area contributed by atoms with Gasteiger partial charge < -0.3 is 9.73 Å². The molecule has 0 aliphatic rings. The number of aromatic nitrogens is 1. The summed E-state index contributed by atoms with van der Waals surface area (Å²) >= 11 is 3.28. The topological polar surface area (TPSA) is 38.1 Å². The van der Waals surface area contributed by atoms with Crippen LogP contribution in [0.3, 0.4) is 0 Å². The Kier molecular flexibility index (Phi) is 3.74. The quantitative estimate of drug-likeness (QED) is 0.934. The van der Waals surface area contributed by atoms with Gasteiger partial charge in [0.2, 0.25) is 0 Å². The number of furan rings is 1. The highest BCUT2D eigenvalue weighted by molar-refractivity contribution is 9.10. The van der Waals surface area contributed by atoms with Crippen LogP contribution < -0.4 is 5.32 Å². The van der Waals surface area contributed by atoms with E-state index in [0.29, 0.717) is 6.54 Å². The van der Waals surface area contributed by atoms with Crippen molar-refractivity contribution in [2.45, 2.75) is 19.5 Å². The molecule has 0 fully saturated rings. The molecule has 84 valence electrons. The van der Waals surface area contributed by atoms with Gasteiger partial charge in [-0.1, -0.05) is 6.07 Å². The highest BCUT2D eigenvalue weighted by Crippen LogP contribution is 2.15. The van der Waals surface area contributed by atoms with Gasteiger partial charge in [-0.15, -0.1) is 0 Å². The van der Waals surface area contributed by atoms with E-state index in [1.165, 1.54) is 5.56 Å². The van der Waals surface area contributed by atoms with Crippen molar-refractivity contribution >= 4 is 15.9 Å². The minimum Gasteiger partial charge on any atom is -0.453 e. The van der Waals surface area contributed by atoms with E-state index in [1.54, 1.807) is 6.20 Å². The summed E-state index contributed by atoms with van der Waals surface area (Å²) in [6, 6.07) is 8.11. The Morgan fingerprint density at radius 2 is 2.31 bits per heavy atom. The number of hydrogen-bond acceptors (Lipinski definition) is 3. The summed E-state index contributed by atoms with van der Waals surface area (Å²) in [7, 11) is 0. The van der Waals surface area contributed by atoms with E-state index in [9.17, 15) is 0 Å². The number of pyridine rings is 1. The van der Waals surface area contributed by atoms with Crippen molar-refractivity contribution in [3.8, 4) is 0 Å². The van der Waals surface area contributed by atoms with Crippen LogP contribution in [0.4, 0.5) is 0 Å². The second-order valence-corrected chi connectivity index (χ2v) is 4.38. The zero-order valence-electron chi connectivity index (χ0n) is 8.98. The third-order valence-corrected chi connectivity index (χ3v) is 2.82. The van der Waals surface area contributed by atoms with Gasteiger partial charge in [-0.2, -0.15) is 0 Å². The van der Waals surface area contributed by atoms with Crippen LogP contribution in [0, 0.1) is 0 Å². The van der Waals surface area contributed by atoms with E-state index < -0.39 is 0 Å². The van der Waals surface area contributed by atoms with Gasteiger partial charge in [0.1, 0.15) is 5.76 Å². The van der Waals surface area contributed by atoms with Crippen LogP contribution in [-0.4, -0.2) is 4.98 Å². The number of nitrogens with one attached hydrogen (secondary N) is 1. The maximum atomic E-state index is 5.41. The maximum Gasteiger partial charge on any atom is 0.169 e. The average Bonchev–Trinajstić information content (AvgIpc) is 2.73. The number of halogens is 1. The molecule has 0 saturated heterocycles. The smallest absolute Gasteiger partial charge is 0.169 e. The molecule has 16 heavy (non-hydrogen) atoms. The molecule has 1 atom stereocenters. The first-order valence-corrected chi connectivity index (χ1v) is 5.92. The van der Waals surface area contributed by atoms with Crippen LogP contribution >= 0.6 is 15.9 Å². The highest BCUT2D eigenvalue weighted by Gasteiger charge is 2.05. The minimum atomic E-state index is 0.262. The van der Waals surface area contributed by atoms with E-state index in [1.807, 2.05) is 24.4 Å². The summed E-state index contributed by atoms with van der Waals surface area (Å²) in [5.74, 6) is 0.919. The molecule has 2 rings (SSSR count). The van der Waals surface area contributed by atoms with E-state index >= 15 is 0 Å². The van der Waals surface area contributed by atoms with Crippen LogP contribution in [0.2, 0.25) is 0 Å². The predicted molar refractivity (Wildman–Crippen MR) is 65.9 cm³/mol. The van der Waals surface area contributed by atoms with Gasteiger partial charge in [-0.05, 0) is 46.6 Å². The lowest BCUT2D eigenvalue weighted by atomic mass is 10.1. The van der Waals surface area contributed by atoms with E-state index in [0.717, 1.165) is 10.4 Å². The molecule has 2 aromatic rings. The molecule has 0 unspecified atom stereocenters. The summed E-state index contributed by atoms with van der Waals surface area (Å²) in [5, 5.41) is 3.37. The molecule has 3 nitrogen and oxygen atoms in total. The van der Waals surface area contributed by atoms with Gasteiger partial charge in [0.25, 0.3) is 0 Å². The zero-order valence-corrected chi connectivity index (χ0v) is 10.6. The molecular weight excluding hydrogens is 268 g/mol. The first-order chi connectivity index (χ1) is 7.75. The summed E-state index contributed by atoms with van der Waals surface area (Å²) in [4.78, 5) is 4.09. The molecular formula is C12H13BrN2O. The molecule has 0 aromatic carbocycles. The third kappa shape index (κ3) is 2.93. The summed E-state index contributed by atoms with van der Waals surface area (Å²) < 4.78 is 6.17. The molecule has 2 aromatic heterocycles. The fourth-order valence-corrected chi connectivity index (χ4v) is 1.79. The van der Waals surface area contributed by atoms with Crippen molar-refractivity contribution in [1.29, 1.82) is 0 Å². The summed E-state index contributed by atoms with van der Waals surface area (Å²) in [6.07, 6.45) is 3.65. The normalized spacial score (nSPS) is 12.6. The first-order valence-electron chi connectivity index (χ1n) is 5.13. The average molecular weight is 281 g/mol. The number of rotatable bonds is 4. The molecule has 0 radical (unpaired) electrons. The molecule has 0 aliphatic heterocycles. The molecule has 0 aliphatic carbocycles. The van der Waals surface area contributed by atoms with E-state index in [2.05, 4.69) is 39.2 Å². The third-order valence-electron chi connectivity index (χ3n) is 2.40. The Morgan fingerprint density at radius 1 is 1.44 bits per heavy atom. The second kappa shape index (κ2) is 5.27. The van der Waals surface area contributed by atoms with E-state index in [-0.39, 0.29) is 6.04 Å². The fraction of sp³-hybridized carbons (Fsp3) is 0.250. The highest BCUT2D eigenvalue weighted by atomic mass is 79.9. The molecule has 0 amide bonds. The van der Waals surface area contributed by atoms with Crippen LogP contribution in [0.5, 0.6) is 0 Å². The Morgan fingerprint density at radius 3 is 2.94 bits per heavy atom. The molecule has 0 saturated carbocycles. The molecule has 2 heterocycles. The van der Waals surface area contributed by atoms with Crippen molar-refractivity contribution in [2.75, 3.05) is 0 Å². The van der Waals surface area contributed by atoms with Crippen molar-refractivity contribution in [3.05, 3.63) is 52.7 Å². The standard InChI is InChI=1S/C12H13BrN2O/c1-9(10-3-2-6-14-7-10)15-8-11-4-5-12(13)16-11/h2-7,9,15H,8H2,1H3/t9-/m0/s1. The number of hydrogen-bond donors (Lipinski definition) is 1. The van der Waals surface area contributed by atoms with Crippen molar-refractivity contribution in [1.82, 2.24) is 10.3 Å². The minimum absolute atomic E-state index is 0.262. The Labute approximate surface area is 103 Å². The Hall–Kier alpha value is -1.13. The van der Waals surface area contributed by atoms with Crippen LogP contribution in [0.25, 0.3) is 0 Å². The maximum absolute atomic E-state index is 5.41. The van der Waals surface area contributed by atoms with Gasteiger partial charge in [0.05, 0.1) is 6.54 Å². The van der Waals surface area contributed by atoms with E-state index in [4.69, 9.17) is 4.42 Å². The molecule has 0 spiro atoms. The molecule has 4 heteroatoms. The SMILES string of the molecule is C[C@H](NCc1ccc(Br)o1)c1cccnc1. The molecule has 1 N–H and O–H groups in total. The van der Waals surface area contributed by atoms with Gasteiger partial charge >= 0.3 is 0 Å². The summed E-state index contributed by atoms with van der Waals surface area (Å²) in [5.41, 5.74) is 1.17. The zero-order chi connectivity index (χ0) is 11.4. The van der Waals surface area contributed by atoms with Gasteiger partial charge in [0.15, 0.2) is 4.67 Å². The number of nitrogens with zero attached hydrogens (tertiary/aromatic N) is 1. The first kappa shape index (κ1) is 11.4. The molecule has 0 bridgehead atoms. The van der Waals surface area contributed by atoms with Crippen LogP contribution in [0.1, 0.15) is 24.3 Å². The summed E-state index contributed by atoms with van der Waals surface area (Å²) in [6.45, 7) is 2.82. The van der Waals surface area contributed by atoms with Crippen molar-refractivity contribution in [3.63, 3.8) is 0 Å². The fourth-order valence-electron chi connectivity index (χ4n) is 1.45. The van der Waals surface area contributed by atoms with Crippen LogP contribution in [0.15, 0.2) is 45.7 Å². The monoisotopic (exact) mass is 280 g/mol. The van der Waals surface area contributed by atoms with Gasteiger partial charge in [-0.3, -0.25) is 4.98 Å². The van der Waals surface area contributed by atoms with Crippen molar-refractivity contribution in [2.24, 2.45) is 0 Å². The second-order valence-electron chi connectivity index (χ2n) is 3.59. The lowest BCUT2D eigenvalue weighted by molar-refractivity contribution is 0.446. The Bertz CT molecular complexity index is 441. The Balaban J connectivity index is 1.91.